The van der Waals surface area contributed by atoms with E-state index in [1.165, 1.54) is 4.90 Å². The minimum atomic E-state index is 0.905. The molecule has 0 heterocycles. The number of hydrogen-bond donors (Lipinski definition) is 2. The van der Waals surface area contributed by atoms with Gasteiger partial charge in [-0.25, -0.2) is 0 Å². The van der Waals surface area contributed by atoms with Gasteiger partial charge in [-0.15, -0.1) is 11.8 Å². The molecule has 0 aromatic heterocycles. The molecule has 0 fully saturated rings. The molecule has 0 spiro atoms. The van der Waals surface area contributed by atoms with Gasteiger partial charge in [-0.05, 0) is 40.4 Å². The second-order valence-electron chi connectivity index (χ2n) is 1.99. The average Bonchev–Trinajstić information content (AvgIpc) is 2.04. The van der Waals surface area contributed by atoms with Crippen molar-refractivity contribution in [3.63, 3.8) is 0 Å². The van der Waals surface area contributed by atoms with Crippen LogP contribution in [0.4, 0.5) is 5.69 Å². The summed E-state index contributed by atoms with van der Waals surface area (Å²) < 4.78 is 0.992. The van der Waals surface area contributed by atoms with Crippen molar-refractivity contribution < 1.29 is 0 Å². The van der Waals surface area contributed by atoms with Crippen molar-refractivity contribution in [1.82, 2.24) is 0 Å². The zero-order valence-corrected chi connectivity index (χ0v) is 8.50. The molecule has 0 saturated carbocycles. The molecule has 0 aliphatic heterocycles. The van der Waals surface area contributed by atoms with Crippen LogP contribution in [0.5, 0.6) is 0 Å². The van der Waals surface area contributed by atoms with Gasteiger partial charge in [0.05, 0.1) is 5.69 Å². The number of halogens is 1. The normalized spacial score (nSPS) is 9.73. The van der Waals surface area contributed by atoms with E-state index in [-0.39, 0.29) is 0 Å². The molecule has 0 saturated heterocycles. The number of nitrogens with two attached hydrogens (primary N) is 1. The van der Waals surface area contributed by atoms with E-state index in [0.717, 1.165) is 10.2 Å². The topological polar surface area (TPSA) is 38.0 Å². The fourth-order valence-corrected chi connectivity index (χ4v) is 1.82. The number of hydrogen-bond acceptors (Lipinski definition) is 3. The highest BCUT2D eigenvalue weighted by molar-refractivity contribution is 9.10. The van der Waals surface area contributed by atoms with Crippen LogP contribution in [-0.4, -0.2) is 6.26 Å². The van der Waals surface area contributed by atoms with Crippen LogP contribution < -0.4 is 11.3 Å². The van der Waals surface area contributed by atoms with Crippen molar-refractivity contribution >= 4 is 33.4 Å². The van der Waals surface area contributed by atoms with Crippen LogP contribution in [0.3, 0.4) is 0 Å². The van der Waals surface area contributed by atoms with Gasteiger partial charge in [0.15, 0.2) is 0 Å². The molecule has 0 radical (unpaired) electrons. The minimum Gasteiger partial charge on any atom is -0.323 e. The zero-order valence-electron chi connectivity index (χ0n) is 6.10. The summed E-state index contributed by atoms with van der Waals surface area (Å²) in [5.41, 5.74) is 3.50. The molecule has 11 heavy (non-hydrogen) atoms. The summed E-state index contributed by atoms with van der Waals surface area (Å²) in [6, 6.07) is 5.99. The Bertz CT molecular complexity index is 252. The number of benzene rings is 1. The van der Waals surface area contributed by atoms with Gasteiger partial charge in [-0.2, -0.15) is 0 Å². The summed E-state index contributed by atoms with van der Waals surface area (Å²) in [4.78, 5) is 1.22. The van der Waals surface area contributed by atoms with Crippen molar-refractivity contribution in [2.75, 3.05) is 11.7 Å². The molecule has 4 heteroatoms. The second-order valence-corrected chi connectivity index (χ2v) is 3.72. The molecular formula is C7H9BrN2S. The Morgan fingerprint density at radius 2 is 2.27 bits per heavy atom. The Kier molecular flexibility index (Phi) is 3.23. The maximum Gasteiger partial charge on any atom is 0.0628 e. The van der Waals surface area contributed by atoms with Crippen molar-refractivity contribution in [2.24, 2.45) is 5.84 Å². The third-order valence-electron chi connectivity index (χ3n) is 1.33. The Morgan fingerprint density at radius 1 is 1.55 bits per heavy atom. The van der Waals surface area contributed by atoms with Crippen LogP contribution in [0.15, 0.2) is 27.6 Å². The standard InChI is InChI=1S/C7H9BrN2S/c1-11-5-2-3-7(10-9)6(8)4-5/h2-4,10H,9H2,1H3. The van der Waals surface area contributed by atoms with E-state index in [9.17, 15) is 0 Å². The largest absolute Gasteiger partial charge is 0.323 e. The summed E-state index contributed by atoms with van der Waals surface area (Å²) in [5.74, 6) is 5.26. The van der Waals surface area contributed by atoms with E-state index in [0.29, 0.717) is 0 Å². The minimum absolute atomic E-state index is 0.905. The quantitative estimate of drug-likeness (QED) is 0.468. The van der Waals surface area contributed by atoms with Gasteiger partial charge in [0.1, 0.15) is 0 Å². The molecular weight excluding hydrogens is 224 g/mol. The van der Waals surface area contributed by atoms with Crippen molar-refractivity contribution in [3.8, 4) is 0 Å². The lowest BCUT2D eigenvalue weighted by atomic mass is 10.3. The lowest BCUT2D eigenvalue weighted by molar-refractivity contribution is 1.31. The summed E-state index contributed by atoms with van der Waals surface area (Å²) >= 11 is 5.10. The van der Waals surface area contributed by atoms with E-state index >= 15 is 0 Å². The molecule has 0 atom stereocenters. The van der Waals surface area contributed by atoms with Crippen LogP contribution in [0.1, 0.15) is 0 Å². The lowest BCUT2D eigenvalue weighted by Crippen LogP contribution is -2.06. The molecule has 1 aromatic rings. The maximum atomic E-state index is 5.26. The van der Waals surface area contributed by atoms with Crippen molar-refractivity contribution in [2.45, 2.75) is 4.90 Å². The SMILES string of the molecule is CSc1ccc(NN)c(Br)c1. The highest BCUT2D eigenvalue weighted by atomic mass is 79.9. The van der Waals surface area contributed by atoms with Gasteiger partial charge in [0.2, 0.25) is 0 Å². The monoisotopic (exact) mass is 232 g/mol. The van der Waals surface area contributed by atoms with E-state index in [1.807, 2.05) is 24.5 Å². The van der Waals surface area contributed by atoms with E-state index in [2.05, 4.69) is 21.4 Å². The third kappa shape index (κ3) is 2.12. The number of hydrazine groups is 1. The molecule has 2 nitrogen and oxygen atoms in total. The predicted octanol–water partition coefficient (Wildman–Crippen LogP) is 2.46. The van der Waals surface area contributed by atoms with Crippen LogP contribution in [0.25, 0.3) is 0 Å². The van der Waals surface area contributed by atoms with Gasteiger partial charge in [-0.1, -0.05) is 0 Å². The summed E-state index contributed by atoms with van der Waals surface area (Å²) in [6.07, 6.45) is 2.04. The fraction of sp³-hybridized carbons (Fsp3) is 0.143. The van der Waals surface area contributed by atoms with Gasteiger partial charge < -0.3 is 5.43 Å². The zero-order chi connectivity index (χ0) is 8.27. The summed E-state index contributed by atoms with van der Waals surface area (Å²) in [7, 11) is 0. The summed E-state index contributed by atoms with van der Waals surface area (Å²) in [5, 5.41) is 0. The van der Waals surface area contributed by atoms with Crippen molar-refractivity contribution in [3.05, 3.63) is 22.7 Å². The van der Waals surface area contributed by atoms with Gasteiger partial charge in [0.25, 0.3) is 0 Å². The highest BCUT2D eigenvalue weighted by Crippen LogP contribution is 2.26. The van der Waals surface area contributed by atoms with Crippen LogP contribution in [0, 0.1) is 0 Å². The van der Waals surface area contributed by atoms with Crippen LogP contribution >= 0.6 is 27.7 Å². The molecule has 60 valence electrons. The smallest absolute Gasteiger partial charge is 0.0628 e. The lowest BCUT2D eigenvalue weighted by Gasteiger charge is -2.03. The third-order valence-corrected chi connectivity index (χ3v) is 2.71. The number of anilines is 1. The second kappa shape index (κ2) is 3.99. The number of nitrogens with one attached hydrogen (secondary N) is 1. The van der Waals surface area contributed by atoms with Crippen molar-refractivity contribution in [1.29, 1.82) is 0 Å². The molecule has 1 aromatic carbocycles. The average molecular weight is 233 g/mol. The highest BCUT2D eigenvalue weighted by Gasteiger charge is 1.97. The van der Waals surface area contributed by atoms with Gasteiger partial charge in [0, 0.05) is 9.37 Å². The molecule has 0 unspecified atom stereocenters. The molecule has 1 rings (SSSR count). The first-order chi connectivity index (χ1) is 5.27. The first kappa shape index (κ1) is 8.90. The van der Waals surface area contributed by atoms with Crippen LogP contribution in [-0.2, 0) is 0 Å². The van der Waals surface area contributed by atoms with E-state index in [1.54, 1.807) is 11.8 Å². The Balaban J connectivity index is 2.99. The number of nitrogen functional groups attached to an aromatic ring is 1. The predicted molar refractivity (Wildman–Crippen MR) is 53.7 cm³/mol. The molecule has 0 aliphatic carbocycles. The molecule has 0 amide bonds. The molecule has 0 bridgehead atoms. The number of thioether (sulfide) groups is 1. The van der Waals surface area contributed by atoms with Gasteiger partial charge in [-0.3, -0.25) is 5.84 Å². The number of rotatable bonds is 2. The first-order valence-corrected chi connectivity index (χ1v) is 5.10. The van der Waals surface area contributed by atoms with Gasteiger partial charge >= 0.3 is 0 Å². The summed E-state index contributed by atoms with van der Waals surface area (Å²) in [6.45, 7) is 0. The first-order valence-electron chi connectivity index (χ1n) is 3.08. The fourth-order valence-electron chi connectivity index (χ4n) is 0.740. The van der Waals surface area contributed by atoms with Crippen LogP contribution in [0.2, 0.25) is 0 Å². The Hall–Kier alpha value is -0.190. The van der Waals surface area contributed by atoms with E-state index in [4.69, 9.17) is 5.84 Å². The Morgan fingerprint density at radius 3 is 2.73 bits per heavy atom. The molecule has 0 aliphatic rings. The van der Waals surface area contributed by atoms with E-state index < -0.39 is 0 Å². The Labute approximate surface area is 78.6 Å². The molecule has 3 N–H and O–H groups in total. The maximum absolute atomic E-state index is 5.26.